The van der Waals surface area contributed by atoms with Gasteiger partial charge in [-0.15, -0.1) is 0 Å². The van der Waals surface area contributed by atoms with Gasteiger partial charge in [-0.2, -0.15) is 5.10 Å². The van der Waals surface area contributed by atoms with E-state index in [-0.39, 0.29) is 22.1 Å². The number of anilines is 1. The van der Waals surface area contributed by atoms with Crippen molar-refractivity contribution in [2.75, 3.05) is 5.43 Å². The molecule has 0 saturated heterocycles. The Morgan fingerprint density at radius 2 is 2.24 bits per heavy atom. The van der Waals surface area contributed by atoms with Crippen molar-refractivity contribution in [1.82, 2.24) is 0 Å². The molecule has 0 heterocycles. The minimum atomic E-state index is -1.22. The van der Waals surface area contributed by atoms with Gasteiger partial charge in [0.05, 0.1) is 4.92 Å². The van der Waals surface area contributed by atoms with Gasteiger partial charge in [0.15, 0.2) is 0 Å². The molecule has 0 aliphatic rings. The molecule has 0 amide bonds. The van der Waals surface area contributed by atoms with E-state index in [1.165, 1.54) is 25.1 Å². The van der Waals surface area contributed by atoms with Crippen LogP contribution >= 0.6 is 11.6 Å². The zero-order chi connectivity index (χ0) is 13.0. The number of rotatable bonds is 4. The van der Waals surface area contributed by atoms with Crippen LogP contribution in [0.4, 0.5) is 11.4 Å². The summed E-state index contributed by atoms with van der Waals surface area (Å²) >= 11 is 5.67. The zero-order valence-corrected chi connectivity index (χ0v) is 9.43. The fraction of sp³-hybridized carbons (Fsp3) is 0.111. The van der Waals surface area contributed by atoms with Gasteiger partial charge in [0.25, 0.3) is 5.69 Å². The quantitative estimate of drug-likeness (QED) is 0.488. The Morgan fingerprint density at radius 1 is 1.59 bits per heavy atom. The van der Waals surface area contributed by atoms with Gasteiger partial charge < -0.3 is 5.11 Å². The van der Waals surface area contributed by atoms with Crippen LogP contribution in [0, 0.1) is 10.1 Å². The maximum atomic E-state index is 10.7. The molecule has 0 bridgehead atoms. The Balaban J connectivity index is 3.05. The highest BCUT2D eigenvalue weighted by atomic mass is 35.5. The molecular weight excluding hydrogens is 250 g/mol. The minimum absolute atomic E-state index is 0.0306. The van der Waals surface area contributed by atoms with Crippen molar-refractivity contribution >= 4 is 34.7 Å². The molecule has 0 saturated carbocycles. The number of halogens is 1. The highest BCUT2D eigenvalue weighted by Crippen LogP contribution is 2.27. The van der Waals surface area contributed by atoms with E-state index in [1.807, 2.05) is 0 Å². The summed E-state index contributed by atoms with van der Waals surface area (Å²) in [6, 6.07) is 3.85. The number of hydrogen-bond acceptors (Lipinski definition) is 5. The van der Waals surface area contributed by atoms with Gasteiger partial charge in [-0.3, -0.25) is 15.5 Å². The third kappa shape index (κ3) is 3.42. The number of nitrogens with zero attached hydrogens (tertiary/aromatic N) is 2. The van der Waals surface area contributed by atoms with Crippen LogP contribution in [0.3, 0.4) is 0 Å². The lowest BCUT2D eigenvalue weighted by atomic mass is 10.3. The number of aliphatic carboxylic acids is 1. The molecule has 90 valence electrons. The Hall–Kier alpha value is -2.15. The minimum Gasteiger partial charge on any atom is -0.477 e. The van der Waals surface area contributed by atoms with Crippen molar-refractivity contribution in [1.29, 1.82) is 0 Å². The second kappa shape index (κ2) is 5.26. The van der Waals surface area contributed by atoms with Crippen LogP contribution in [0.5, 0.6) is 0 Å². The van der Waals surface area contributed by atoms with Crippen molar-refractivity contribution in [3.8, 4) is 0 Å². The largest absolute Gasteiger partial charge is 0.477 e. The highest BCUT2D eigenvalue weighted by molar-refractivity contribution is 6.34. The standard InChI is InChI=1S/C9H8ClN3O4/c1-5(9(14)15)11-12-7-4-6(10)2-3-8(7)13(16)17/h2-4,12H,1H3,(H,14,15)/b11-5+. The van der Waals surface area contributed by atoms with Gasteiger partial charge in [0, 0.05) is 11.1 Å². The first-order valence-electron chi connectivity index (χ1n) is 4.39. The molecule has 2 N–H and O–H groups in total. The van der Waals surface area contributed by atoms with Crippen LogP contribution in [0.15, 0.2) is 23.3 Å². The normalized spacial score (nSPS) is 11.1. The number of nitro benzene ring substituents is 1. The number of carbonyl (C=O) groups is 1. The first-order valence-corrected chi connectivity index (χ1v) is 4.77. The predicted molar refractivity (Wildman–Crippen MR) is 62.5 cm³/mol. The Morgan fingerprint density at radius 3 is 2.76 bits per heavy atom. The van der Waals surface area contributed by atoms with Gasteiger partial charge in [-0.05, 0) is 19.1 Å². The highest BCUT2D eigenvalue weighted by Gasteiger charge is 2.13. The van der Waals surface area contributed by atoms with E-state index in [0.717, 1.165) is 0 Å². The Kier molecular flexibility index (Phi) is 4.00. The predicted octanol–water partition coefficient (Wildman–Crippen LogP) is 2.12. The topological polar surface area (TPSA) is 105 Å². The summed E-state index contributed by atoms with van der Waals surface area (Å²) in [7, 11) is 0. The summed E-state index contributed by atoms with van der Waals surface area (Å²) < 4.78 is 0. The van der Waals surface area contributed by atoms with Crippen LogP contribution in [0.2, 0.25) is 5.02 Å². The number of benzene rings is 1. The van der Waals surface area contributed by atoms with Gasteiger partial charge in [0.1, 0.15) is 11.4 Å². The first kappa shape index (κ1) is 12.9. The number of nitrogens with one attached hydrogen (secondary N) is 1. The summed E-state index contributed by atoms with van der Waals surface area (Å²) in [5.41, 5.74) is 1.87. The molecule has 17 heavy (non-hydrogen) atoms. The zero-order valence-electron chi connectivity index (χ0n) is 8.68. The average Bonchev–Trinajstić information content (AvgIpc) is 2.25. The molecule has 0 aliphatic heterocycles. The monoisotopic (exact) mass is 257 g/mol. The van der Waals surface area contributed by atoms with Crippen LogP contribution in [0.25, 0.3) is 0 Å². The van der Waals surface area contributed by atoms with E-state index in [2.05, 4.69) is 10.5 Å². The van der Waals surface area contributed by atoms with Crippen LogP contribution in [-0.2, 0) is 4.79 Å². The molecule has 0 radical (unpaired) electrons. The third-order valence-corrected chi connectivity index (χ3v) is 2.04. The Bertz CT molecular complexity index is 501. The lowest BCUT2D eigenvalue weighted by molar-refractivity contribution is -0.384. The van der Waals surface area contributed by atoms with E-state index in [0.29, 0.717) is 0 Å². The maximum absolute atomic E-state index is 10.7. The van der Waals surface area contributed by atoms with Crippen molar-refractivity contribution in [2.24, 2.45) is 5.10 Å². The van der Waals surface area contributed by atoms with E-state index in [1.54, 1.807) is 0 Å². The lowest BCUT2D eigenvalue weighted by Gasteiger charge is -2.02. The average molecular weight is 258 g/mol. The summed E-state index contributed by atoms with van der Waals surface area (Å²) in [6.07, 6.45) is 0. The van der Waals surface area contributed by atoms with Crippen molar-refractivity contribution < 1.29 is 14.8 Å². The summed E-state index contributed by atoms with van der Waals surface area (Å²) in [5, 5.41) is 23.0. The second-order valence-electron chi connectivity index (χ2n) is 3.03. The first-order chi connectivity index (χ1) is 7.91. The summed E-state index contributed by atoms with van der Waals surface area (Å²) in [6.45, 7) is 1.26. The molecule has 0 spiro atoms. The second-order valence-corrected chi connectivity index (χ2v) is 3.47. The van der Waals surface area contributed by atoms with E-state index >= 15 is 0 Å². The van der Waals surface area contributed by atoms with Crippen LogP contribution < -0.4 is 5.43 Å². The SMILES string of the molecule is C/C(=N\Nc1cc(Cl)ccc1[N+](=O)[O-])C(=O)O. The Labute approximate surface area is 101 Å². The fourth-order valence-corrected chi connectivity index (χ4v) is 1.12. The smallest absolute Gasteiger partial charge is 0.351 e. The van der Waals surface area contributed by atoms with E-state index in [9.17, 15) is 14.9 Å². The number of hydrazone groups is 1. The molecule has 0 atom stereocenters. The van der Waals surface area contributed by atoms with Crippen LogP contribution in [0.1, 0.15) is 6.92 Å². The molecule has 0 fully saturated rings. The van der Waals surface area contributed by atoms with Gasteiger partial charge in [0.2, 0.25) is 0 Å². The number of nitro groups is 1. The van der Waals surface area contributed by atoms with Crippen LogP contribution in [-0.4, -0.2) is 21.7 Å². The van der Waals surface area contributed by atoms with Crippen molar-refractivity contribution in [3.63, 3.8) is 0 Å². The van der Waals surface area contributed by atoms with Gasteiger partial charge >= 0.3 is 5.97 Å². The molecule has 1 aromatic carbocycles. The lowest BCUT2D eigenvalue weighted by Crippen LogP contribution is -2.10. The van der Waals surface area contributed by atoms with Crippen molar-refractivity contribution in [3.05, 3.63) is 33.3 Å². The molecular formula is C9H8ClN3O4. The van der Waals surface area contributed by atoms with E-state index in [4.69, 9.17) is 16.7 Å². The molecule has 1 rings (SSSR count). The molecule has 8 heteroatoms. The molecule has 0 unspecified atom stereocenters. The molecule has 0 aliphatic carbocycles. The molecule has 7 nitrogen and oxygen atoms in total. The molecule has 0 aromatic heterocycles. The van der Waals surface area contributed by atoms with Crippen molar-refractivity contribution in [2.45, 2.75) is 6.92 Å². The maximum Gasteiger partial charge on any atom is 0.351 e. The fourth-order valence-electron chi connectivity index (χ4n) is 0.949. The summed E-state index contributed by atoms with van der Waals surface area (Å²) in [5.74, 6) is -1.22. The number of carboxylic acids is 1. The number of hydrogen-bond donors (Lipinski definition) is 2. The van der Waals surface area contributed by atoms with Gasteiger partial charge in [-0.25, -0.2) is 4.79 Å². The van der Waals surface area contributed by atoms with Gasteiger partial charge in [-0.1, -0.05) is 11.6 Å². The molecule has 1 aromatic rings. The summed E-state index contributed by atoms with van der Waals surface area (Å²) in [4.78, 5) is 20.5. The number of carboxylic acid groups (broad SMARTS) is 1. The third-order valence-electron chi connectivity index (χ3n) is 1.81. The van der Waals surface area contributed by atoms with E-state index < -0.39 is 10.9 Å².